The van der Waals surface area contributed by atoms with E-state index in [2.05, 4.69) is 10.6 Å². The van der Waals surface area contributed by atoms with Crippen LogP contribution in [0.25, 0.3) is 6.08 Å². The molecule has 0 atom stereocenters. The fourth-order valence-electron chi connectivity index (χ4n) is 2.90. The lowest BCUT2D eigenvalue weighted by atomic mass is 10.1. The van der Waals surface area contributed by atoms with E-state index in [0.717, 1.165) is 11.3 Å². The second kappa shape index (κ2) is 7.85. The average Bonchev–Trinajstić information content (AvgIpc) is 3.11. The van der Waals surface area contributed by atoms with Gasteiger partial charge in [-0.05, 0) is 61.0 Å². The van der Waals surface area contributed by atoms with Gasteiger partial charge in [0.05, 0.1) is 12.2 Å². The average molecular weight is 409 g/mol. The molecule has 0 unspecified atom stereocenters. The van der Waals surface area contributed by atoms with E-state index in [1.807, 2.05) is 25.1 Å². The van der Waals surface area contributed by atoms with Crippen LogP contribution in [0.1, 0.15) is 27.4 Å². The molecule has 2 amide bonds. The predicted octanol–water partition coefficient (Wildman–Crippen LogP) is 4.54. The van der Waals surface area contributed by atoms with E-state index in [4.69, 9.17) is 20.8 Å². The molecule has 29 heavy (non-hydrogen) atoms. The lowest BCUT2D eigenvalue weighted by Gasteiger charge is -2.20. The van der Waals surface area contributed by atoms with Crippen molar-refractivity contribution in [2.75, 3.05) is 5.32 Å². The third-order valence-electron chi connectivity index (χ3n) is 4.30. The molecule has 3 aromatic rings. The Hall–Kier alpha value is -3.51. The highest BCUT2D eigenvalue weighted by molar-refractivity contribution is 6.30. The second-order valence-electron chi connectivity index (χ2n) is 6.53. The van der Waals surface area contributed by atoms with Crippen molar-refractivity contribution in [2.45, 2.75) is 13.5 Å². The second-order valence-corrected chi connectivity index (χ2v) is 6.96. The van der Waals surface area contributed by atoms with E-state index in [1.165, 1.54) is 0 Å². The van der Waals surface area contributed by atoms with Crippen molar-refractivity contribution in [1.82, 2.24) is 5.32 Å². The molecule has 1 aromatic heterocycles. The zero-order valence-electron chi connectivity index (χ0n) is 15.5. The number of nitrogens with one attached hydrogen (secondary N) is 2. The van der Waals surface area contributed by atoms with E-state index in [1.54, 1.807) is 42.5 Å². The van der Waals surface area contributed by atoms with Crippen molar-refractivity contribution in [3.63, 3.8) is 0 Å². The topological polar surface area (TPSA) is 80.6 Å². The number of hydrogen-bond acceptors (Lipinski definition) is 4. The fraction of sp³-hybridized carbons (Fsp3) is 0.0909. The Balaban J connectivity index is 1.49. The SMILES string of the molecule is Cc1ccc(CNC(=O)c2ccc3c(c2)NC(=O)C(=Cc2cccc(Cl)c2)O3)o1. The minimum Gasteiger partial charge on any atom is -0.465 e. The first kappa shape index (κ1) is 18.8. The van der Waals surface area contributed by atoms with Gasteiger partial charge in [-0.3, -0.25) is 9.59 Å². The molecule has 2 heterocycles. The molecular formula is C22H17ClN2O4. The van der Waals surface area contributed by atoms with Gasteiger partial charge in [-0.15, -0.1) is 0 Å². The highest BCUT2D eigenvalue weighted by Gasteiger charge is 2.23. The summed E-state index contributed by atoms with van der Waals surface area (Å²) in [6.45, 7) is 2.12. The van der Waals surface area contributed by atoms with Crippen LogP contribution in [0.2, 0.25) is 5.02 Å². The minimum atomic E-state index is -0.402. The fourth-order valence-corrected chi connectivity index (χ4v) is 3.10. The Morgan fingerprint density at radius 1 is 1.17 bits per heavy atom. The van der Waals surface area contributed by atoms with Crippen molar-refractivity contribution >= 4 is 35.2 Å². The number of rotatable bonds is 4. The van der Waals surface area contributed by atoms with Crippen LogP contribution in [0.5, 0.6) is 5.75 Å². The number of ether oxygens (including phenoxy) is 1. The third kappa shape index (κ3) is 4.33. The van der Waals surface area contributed by atoms with Gasteiger partial charge in [0, 0.05) is 10.6 Å². The maximum absolute atomic E-state index is 12.4. The van der Waals surface area contributed by atoms with Crippen LogP contribution in [0.15, 0.2) is 64.8 Å². The monoisotopic (exact) mass is 408 g/mol. The van der Waals surface area contributed by atoms with Crippen molar-refractivity contribution in [1.29, 1.82) is 0 Å². The molecule has 146 valence electrons. The first-order valence-electron chi connectivity index (χ1n) is 8.92. The molecule has 4 rings (SSSR count). The zero-order chi connectivity index (χ0) is 20.4. The van der Waals surface area contributed by atoms with E-state index < -0.39 is 5.91 Å². The lowest BCUT2D eigenvalue weighted by Crippen LogP contribution is -2.25. The van der Waals surface area contributed by atoms with Gasteiger partial charge in [-0.25, -0.2) is 0 Å². The molecule has 2 aromatic carbocycles. The van der Waals surface area contributed by atoms with Crippen molar-refractivity contribution in [3.8, 4) is 5.75 Å². The van der Waals surface area contributed by atoms with Gasteiger partial charge in [0.25, 0.3) is 11.8 Å². The first-order valence-corrected chi connectivity index (χ1v) is 9.30. The van der Waals surface area contributed by atoms with E-state index in [-0.39, 0.29) is 18.2 Å². The van der Waals surface area contributed by atoms with Gasteiger partial charge in [-0.2, -0.15) is 0 Å². The van der Waals surface area contributed by atoms with Crippen molar-refractivity contribution in [3.05, 3.63) is 88.0 Å². The molecule has 0 saturated heterocycles. The number of benzene rings is 2. The van der Waals surface area contributed by atoms with Crippen LogP contribution in [-0.4, -0.2) is 11.8 Å². The number of furan rings is 1. The highest BCUT2D eigenvalue weighted by Crippen LogP contribution is 2.32. The number of carbonyl (C=O) groups excluding carboxylic acids is 2. The molecule has 0 spiro atoms. The molecule has 6 nitrogen and oxygen atoms in total. The van der Waals surface area contributed by atoms with Gasteiger partial charge in [0.15, 0.2) is 11.5 Å². The van der Waals surface area contributed by atoms with Gasteiger partial charge in [0.1, 0.15) is 11.5 Å². The van der Waals surface area contributed by atoms with E-state index in [9.17, 15) is 9.59 Å². The van der Waals surface area contributed by atoms with E-state index in [0.29, 0.717) is 27.8 Å². The zero-order valence-corrected chi connectivity index (χ0v) is 16.2. The van der Waals surface area contributed by atoms with Crippen LogP contribution < -0.4 is 15.4 Å². The largest absolute Gasteiger partial charge is 0.465 e. The molecular weight excluding hydrogens is 392 g/mol. The Labute approximate surface area is 172 Å². The van der Waals surface area contributed by atoms with Crippen LogP contribution in [0.3, 0.4) is 0 Å². The molecule has 0 aliphatic carbocycles. The molecule has 0 saturated carbocycles. The Morgan fingerprint density at radius 3 is 2.79 bits per heavy atom. The van der Waals surface area contributed by atoms with Crippen molar-refractivity contribution < 1.29 is 18.7 Å². The Morgan fingerprint density at radius 2 is 2.03 bits per heavy atom. The summed E-state index contributed by atoms with van der Waals surface area (Å²) in [4.78, 5) is 24.8. The number of halogens is 1. The van der Waals surface area contributed by atoms with Gasteiger partial charge in [-0.1, -0.05) is 23.7 Å². The summed E-state index contributed by atoms with van der Waals surface area (Å²) in [5.41, 5.74) is 1.58. The molecule has 0 radical (unpaired) electrons. The summed E-state index contributed by atoms with van der Waals surface area (Å²) in [7, 11) is 0. The Bertz CT molecular complexity index is 1130. The normalized spacial score (nSPS) is 14.1. The Kier molecular flexibility index (Phi) is 5.10. The van der Waals surface area contributed by atoms with Gasteiger partial charge < -0.3 is 19.8 Å². The maximum atomic E-state index is 12.4. The molecule has 1 aliphatic rings. The van der Waals surface area contributed by atoms with Crippen LogP contribution >= 0.6 is 11.6 Å². The highest BCUT2D eigenvalue weighted by atomic mass is 35.5. The summed E-state index contributed by atoms with van der Waals surface area (Å²) in [6, 6.07) is 15.6. The molecule has 2 N–H and O–H groups in total. The predicted molar refractivity (Wildman–Crippen MR) is 110 cm³/mol. The number of fused-ring (bicyclic) bond motifs is 1. The number of carbonyl (C=O) groups is 2. The van der Waals surface area contributed by atoms with E-state index >= 15 is 0 Å². The summed E-state index contributed by atoms with van der Waals surface area (Å²) in [5.74, 6) is 1.37. The smallest absolute Gasteiger partial charge is 0.291 e. The van der Waals surface area contributed by atoms with Gasteiger partial charge in [0.2, 0.25) is 0 Å². The molecule has 1 aliphatic heterocycles. The van der Waals surface area contributed by atoms with Crippen LogP contribution in [0.4, 0.5) is 5.69 Å². The maximum Gasteiger partial charge on any atom is 0.291 e. The summed E-state index contributed by atoms with van der Waals surface area (Å²) >= 11 is 5.98. The van der Waals surface area contributed by atoms with Crippen LogP contribution in [0, 0.1) is 6.92 Å². The molecule has 0 fully saturated rings. The summed E-state index contributed by atoms with van der Waals surface area (Å²) in [5, 5.41) is 6.10. The summed E-state index contributed by atoms with van der Waals surface area (Å²) < 4.78 is 11.2. The quantitative estimate of drug-likeness (QED) is 0.621. The third-order valence-corrected chi connectivity index (χ3v) is 4.53. The van der Waals surface area contributed by atoms with Crippen LogP contribution in [-0.2, 0) is 11.3 Å². The number of amides is 2. The van der Waals surface area contributed by atoms with Gasteiger partial charge >= 0.3 is 0 Å². The van der Waals surface area contributed by atoms with Crippen molar-refractivity contribution in [2.24, 2.45) is 0 Å². The minimum absolute atomic E-state index is 0.144. The number of hydrogen-bond donors (Lipinski definition) is 2. The molecule has 7 heteroatoms. The first-order chi connectivity index (χ1) is 14.0. The molecule has 0 bridgehead atoms. The lowest BCUT2D eigenvalue weighted by molar-refractivity contribution is -0.115. The standard InChI is InChI=1S/C22H17ClN2O4/c1-13-5-7-17(28-13)12-24-21(26)15-6-8-19-18(11-15)25-22(27)20(29-19)10-14-3-2-4-16(23)9-14/h2-11H,12H2,1H3,(H,24,26)(H,25,27). The number of anilines is 1. The summed E-state index contributed by atoms with van der Waals surface area (Å²) in [6.07, 6.45) is 1.61. The number of aryl methyl sites for hydroxylation is 1.